The van der Waals surface area contributed by atoms with E-state index in [1.54, 1.807) is 18.2 Å². The molecule has 4 aromatic rings. The highest BCUT2D eigenvalue weighted by Crippen LogP contribution is 2.32. The van der Waals surface area contributed by atoms with E-state index >= 15 is 0 Å². The molecule has 1 saturated carbocycles. The number of benzene rings is 4. The molecule has 0 spiro atoms. The third-order valence-corrected chi connectivity index (χ3v) is 10.3. The molecule has 0 amide bonds. The van der Waals surface area contributed by atoms with Crippen LogP contribution in [-0.4, -0.2) is 48.6 Å². The molecule has 6 rings (SSSR count). The Morgan fingerprint density at radius 2 is 1.36 bits per heavy atom. The summed E-state index contributed by atoms with van der Waals surface area (Å²) < 4.78 is 40.7. The largest absolute Gasteiger partial charge is 0.490 e. The minimum atomic E-state index is -4.06. The molecule has 0 unspecified atom stereocenters. The smallest absolute Gasteiger partial charge is 0.322 e. The lowest BCUT2D eigenvalue weighted by molar-refractivity contribution is -0.143. The first-order chi connectivity index (χ1) is 20.3. The molecular weight excluding hydrogens is 574 g/mol. The van der Waals surface area contributed by atoms with E-state index in [-0.39, 0.29) is 24.0 Å². The molecule has 2 aliphatic rings. The Kier molecular flexibility index (Phi) is 8.12. The van der Waals surface area contributed by atoms with Gasteiger partial charge in [0.2, 0.25) is 10.0 Å². The van der Waals surface area contributed by atoms with Crippen LogP contribution in [0.2, 0.25) is 5.02 Å². The summed E-state index contributed by atoms with van der Waals surface area (Å²) in [6, 6.07) is 24.4. The van der Waals surface area contributed by atoms with Crippen molar-refractivity contribution in [2.45, 2.75) is 61.7 Å². The first kappa shape index (κ1) is 28.5. The van der Waals surface area contributed by atoms with Gasteiger partial charge in [0.15, 0.2) is 0 Å². The molecule has 1 aliphatic heterocycles. The molecule has 1 saturated heterocycles. The van der Waals surface area contributed by atoms with Gasteiger partial charge in [-0.2, -0.15) is 4.31 Å². The van der Waals surface area contributed by atoms with Gasteiger partial charge in [0.05, 0.1) is 11.0 Å². The molecule has 2 atom stereocenters. The number of fused-ring (bicyclic) bond motifs is 1. The van der Waals surface area contributed by atoms with Gasteiger partial charge in [-0.3, -0.25) is 4.79 Å². The standard InChI is InChI=1S/C33H32ClNO6S/c34-26-11-5-22(6-12-26)23-7-13-28(14-8-23)41-30-17-18-35(32(21-30)33(36)37)42(38,39)31-16-10-24-19-29(15-9-25(24)20-31)40-27-3-1-2-4-27/h5-16,19-20,27,30,32H,1-4,17-18,21H2,(H,36,37)/t30-,32+/m1/s1. The zero-order valence-corrected chi connectivity index (χ0v) is 24.6. The second-order valence-corrected chi connectivity index (χ2v) is 13.3. The van der Waals surface area contributed by atoms with E-state index in [1.165, 1.54) is 12.8 Å². The van der Waals surface area contributed by atoms with Gasteiger partial charge in [-0.05, 0) is 103 Å². The SMILES string of the molecule is O=C(O)[C@@H]1C[C@H](Oc2ccc(-c3ccc(Cl)cc3)cc2)CCN1S(=O)(=O)c1ccc2cc(OC3CCCC3)ccc2c1. The Balaban J connectivity index is 1.15. The minimum Gasteiger partial charge on any atom is -0.490 e. The molecular formula is C33H32ClNO6S. The van der Waals surface area contributed by atoms with Crippen molar-refractivity contribution in [3.8, 4) is 22.6 Å². The minimum absolute atomic E-state index is 0.0407. The number of carboxylic acids is 1. The van der Waals surface area contributed by atoms with Crippen LogP contribution in [0.1, 0.15) is 38.5 Å². The van der Waals surface area contributed by atoms with Crippen LogP contribution in [0.4, 0.5) is 0 Å². The number of aliphatic carboxylic acids is 1. The van der Waals surface area contributed by atoms with E-state index < -0.39 is 28.1 Å². The van der Waals surface area contributed by atoms with Crippen molar-refractivity contribution in [3.05, 3.63) is 90.0 Å². The van der Waals surface area contributed by atoms with Crippen LogP contribution in [0.15, 0.2) is 89.8 Å². The van der Waals surface area contributed by atoms with E-state index in [9.17, 15) is 18.3 Å². The van der Waals surface area contributed by atoms with Crippen molar-refractivity contribution >= 4 is 38.4 Å². The molecule has 4 aromatic carbocycles. The van der Waals surface area contributed by atoms with Crippen LogP contribution >= 0.6 is 11.6 Å². The van der Waals surface area contributed by atoms with Crippen LogP contribution in [0.3, 0.4) is 0 Å². The first-order valence-corrected chi connectivity index (χ1v) is 16.1. The number of nitrogens with zero attached hydrogens (tertiary/aromatic N) is 1. The topological polar surface area (TPSA) is 93.1 Å². The van der Waals surface area contributed by atoms with Crippen molar-refractivity contribution in [1.29, 1.82) is 0 Å². The second kappa shape index (κ2) is 12.0. The van der Waals surface area contributed by atoms with Gasteiger partial charge < -0.3 is 14.6 Å². The number of ether oxygens (including phenoxy) is 2. The predicted octanol–water partition coefficient (Wildman–Crippen LogP) is 7.17. The van der Waals surface area contributed by atoms with Crippen molar-refractivity contribution in [1.82, 2.24) is 4.31 Å². The highest BCUT2D eigenvalue weighted by molar-refractivity contribution is 7.89. The van der Waals surface area contributed by atoms with E-state index in [1.807, 2.05) is 66.7 Å². The van der Waals surface area contributed by atoms with Crippen LogP contribution in [0.25, 0.3) is 21.9 Å². The van der Waals surface area contributed by atoms with E-state index in [0.717, 1.165) is 44.8 Å². The van der Waals surface area contributed by atoms with Crippen molar-refractivity contribution < 1.29 is 27.8 Å². The fourth-order valence-electron chi connectivity index (χ4n) is 5.86. The van der Waals surface area contributed by atoms with E-state index in [2.05, 4.69) is 0 Å². The molecule has 218 valence electrons. The van der Waals surface area contributed by atoms with Gasteiger partial charge in [-0.1, -0.05) is 48.0 Å². The lowest BCUT2D eigenvalue weighted by Crippen LogP contribution is -2.52. The summed E-state index contributed by atoms with van der Waals surface area (Å²) in [5.74, 6) is 0.182. The van der Waals surface area contributed by atoms with Gasteiger partial charge in [0.25, 0.3) is 0 Å². The zero-order valence-electron chi connectivity index (χ0n) is 23.0. The number of sulfonamides is 1. The highest BCUT2D eigenvalue weighted by Gasteiger charge is 2.41. The number of halogens is 1. The van der Waals surface area contributed by atoms with Gasteiger partial charge in [-0.25, -0.2) is 8.42 Å². The Morgan fingerprint density at radius 3 is 2.05 bits per heavy atom. The molecule has 1 N–H and O–H groups in total. The molecule has 1 aliphatic carbocycles. The normalized spacial score (nSPS) is 20.0. The van der Waals surface area contributed by atoms with Crippen molar-refractivity contribution in [2.24, 2.45) is 0 Å². The number of piperidine rings is 1. The quantitative estimate of drug-likeness (QED) is 0.229. The second-order valence-electron chi connectivity index (χ2n) is 11.0. The first-order valence-electron chi connectivity index (χ1n) is 14.2. The van der Waals surface area contributed by atoms with Gasteiger partial charge in [0, 0.05) is 18.0 Å². The number of rotatable bonds is 8. The lowest BCUT2D eigenvalue weighted by Gasteiger charge is -2.36. The zero-order chi connectivity index (χ0) is 29.3. The highest BCUT2D eigenvalue weighted by atomic mass is 35.5. The Morgan fingerprint density at radius 1 is 0.762 bits per heavy atom. The summed E-state index contributed by atoms with van der Waals surface area (Å²) in [7, 11) is -4.06. The number of carboxylic acid groups (broad SMARTS) is 1. The maximum absolute atomic E-state index is 13.7. The molecule has 0 bridgehead atoms. The monoisotopic (exact) mass is 605 g/mol. The summed E-state index contributed by atoms with van der Waals surface area (Å²) in [4.78, 5) is 12.3. The van der Waals surface area contributed by atoms with Crippen molar-refractivity contribution in [2.75, 3.05) is 6.54 Å². The van der Waals surface area contributed by atoms with Crippen LogP contribution in [0, 0.1) is 0 Å². The molecule has 0 aromatic heterocycles. The van der Waals surface area contributed by atoms with Gasteiger partial charge >= 0.3 is 5.97 Å². The van der Waals surface area contributed by atoms with Gasteiger partial charge in [-0.15, -0.1) is 0 Å². The van der Waals surface area contributed by atoms with Crippen molar-refractivity contribution in [3.63, 3.8) is 0 Å². The average Bonchev–Trinajstić information content (AvgIpc) is 3.50. The average molecular weight is 606 g/mol. The molecule has 7 nitrogen and oxygen atoms in total. The maximum Gasteiger partial charge on any atom is 0.322 e. The molecule has 0 radical (unpaired) electrons. The fourth-order valence-corrected chi connectivity index (χ4v) is 7.63. The number of hydrogen-bond acceptors (Lipinski definition) is 5. The summed E-state index contributed by atoms with van der Waals surface area (Å²) in [6.45, 7) is 0.0407. The predicted molar refractivity (Wildman–Crippen MR) is 163 cm³/mol. The van der Waals surface area contributed by atoms with E-state index in [0.29, 0.717) is 17.2 Å². The number of carbonyl (C=O) groups is 1. The number of hydrogen-bond donors (Lipinski definition) is 1. The summed E-state index contributed by atoms with van der Waals surface area (Å²) in [6.07, 6.45) is 4.68. The summed E-state index contributed by atoms with van der Waals surface area (Å²) >= 11 is 5.98. The van der Waals surface area contributed by atoms with Crippen LogP contribution in [0.5, 0.6) is 11.5 Å². The molecule has 2 fully saturated rings. The molecule has 1 heterocycles. The van der Waals surface area contributed by atoms with E-state index in [4.69, 9.17) is 21.1 Å². The van der Waals surface area contributed by atoms with Gasteiger partial charge in [0.1, 0.15) is 23.6 Å². The molecule has 9 heteroatoms. The maximum atomic E-state index is 13.7. The third kappa shape index (κ3) is 6.11. The lowest BCUT2D eigenvalue weighted by atomic mass is 10.0. The Bertz CT molecular complexity index is 1680. The Labute approximate surface area is 250 Å². The third-order valence-electron chi connectivity index (χ3n) is 8.12. The Hall–Kier alpha value is -3.59. The molecule has 42 heavy (non-hydrogen) atoms. The van der Waals surface area contributed by atoms with Crippen LogP contribution < -0.4 is 9.47 Å². The summed E-state index contributed by atoms with van der Waals surface area (Å²) in [5.41, 5.74) is 2.01. The fraction of sp³-hybridized carbons (Fsp3) is 0.303. The van der Waals surface area contributed by atoms with Crippen LogP contribution in [-0.2, 0) is 14.8 Å². The summed E-state index contributed by atoms with van der Waals surface area (Å²) in [5, 5.41) is 12.3.